The smallest absolute Gasteiger partial charge is 0.264 e. The van der Waals surface area contributed by atoms with E-state index in [1.165, 1.54) is 6.07 Å². The lowest BCUT2D eigenvalue weighted by atomic mass is 9.79. The highest BCUT2D eigenvalue weighted by molar-refractivity contribution is 5.77. The van der Waals surface area contributed by atoms with Gasteiger partial charge in [-0.3, -0.25) is 9.59 Å². The second kappa shape index (κ2) is 5.01. The largest absolute Gasteiger partial charge is 0.388 e. The first-order chi connectivity index (χ1) is 9.21. The summed E-state index contributed by atoms with van der Waals surface area (Å²) < 4.78 is 0. The molecular formula is C14H21N3O3. The normalized spacial score (nSPS) is 24.9. The Morgan fingerprint density at radius 3 is 2.60 bits per heavy atom. The standard InChI is InChI=1S/C14H21N3O3/c1-13(2)8-17(9-14(13,3)20)12(19)7-5-10-4-6-11(18)16-15-10/h4,6,20H,5,7-9H2,1-3H3,(H,16,18)/t14-/m0/s1. The molecule has 1 amide bonds. The minimum absolute atomic E-state index is 0.00356. The number of carbonyl (C=O) groups excluding carboxylic acids is 1. The number of aromatic amines is 1. The molecular weight excluding hydrogens is 258 g/mol. The molecule has 1 saturated heterocycles. The average Bonchev–Trinajstić information content (AvgIpc) is 2.57. The highest BCUT2D eigenvalue weighted by Gasteiger charge is 2.48. The maximum absolute atomic E-state index is 12.2. The topological polar surface area (TPSA) is 86.3 Å². The average molecular weight is 279 g/mol. The van der Waals surface area contributed by atoms with Gasteiger partial charge in [-0.25, -0.2) is 5.10 Å². The molecule has 1 fully saturated rings. The van der Waals surface area contributed by atoms with Gasteiger partial charge in [0.25, 0.3) is 5.56 Å². The molecule has 6 nitrogen and oxygen atoms in total. The molecule has 110 valence electrons. The van der Waals surface area contributed by atoms with Crippen LogP contribution < -0.4 is 5.56 Å². The summed E-state index contributed by atoms with van der Waals surface area (Å²) in [6, 6.07) is 3.02. The summed E-state index contributed by atoms with van der Waals surface area (Å²) in [5.41, 5.74) is -0.738. The van der Waals surface area contributed by atoms with Crippen LogP contribution >= 0.6 is 0 Å². The minimum Gasteiger partial charge on any atom is -0.388 e. The van der Waals surface area contributed by atoms with E-state index in [0.717, 1.165) is 0 Å². The summed E-state index contributed by atoms with van der Waals surface area (Å²) in [5, 5.41) is 16.5. The number of aromatic nitrogens is 2. The molecule has 1 aliphatic heterocycles. The zero-order chi connectivity index (χ0) is 15.0. The number of nitrogens with zero attached hydrogens (tertiary/aromatic N) is 2. The van der Waals surface area contributed by atoms with Crippen molar-refractivity contribution in [2.45, 2.75) is 39.2 Å². The summed E-state index contributed by atoms with van der Waals surface area (Å²) >= 11 is 0. The molecule has 1 aliphatic rings. The third kappa shape index (κ3) is 2.90. The van der Waals surface area contributed by atoms with Crippen molar-refractivity contribution in [3.8, 4) is 0 Å². The van der Waals surface area contributed by atoms with Crippen LogP contribution in [0.3, 0.4) is 0 Å². The molecule has 0 bridgehead atoms. The third-order valence-corrected chi connectivity index (χ3v) is 4.23. The molecule has 6 heteroatoms. The van der Waals surface area contributed by atoms with Gasteiger partial charge in [0.2, 0.25) is 5.91 Å². The second-order valence-corrected chi connectivity index (χ2v) is 6.32. The number of carbonyl (C=O) groups is 1. The van der Waals surface area contributed by atoms with Crippen LogP contribution in [0.5, 0.6) is 0 Å². The first-order valence-electron chi connectivity index (χ1n) is 6.76. The van der Waals surface area contributed by atoms with E-state index in [9.17, 15) is 14.7 Å². The fourth-order valence-corrected chi connectivity index (χ4v) is 2.37. The molecule has 20 heavy (non-hydrogen) atoms. The van der Waals surface area contributed by atoms with E-state index in [1.807, 2.05) is 13.8 Å². The molecule has 0 aromatic carbocycles. The zero-order valence-electron chi connectivity index (χ0n) is 12.1. The van der Waals surface area contributed by atoms with Crippen molar-refractivity contribution in [3.63, 3.8) is 0 Å². The molecule has 0 aliphatic carbocycles. The number of hydrogen-bond donors (Lipinski definition) is 2. The Morgan fingerprint density at radius 2 is 2.10 bits per heavy atom. The Balaban J connectivity index is 1.94. The monoisotopic (exact) mass is 279 g/mol. The molecule has 1 atom stereocenters. The van der Waals surface area contributed by atoms with Crippen LogP contribution in [0, 0.1) is 5.41 Å². The van der Waals surface area contributed by atoms with Crippen LogP contribution in [0.4, 0.5) is 0 Å². The van der Waals surface area contributed by atoms with E-state index in [-0.39, 0.29) is 16.9 Å². The van der Waals surface area contributed by atoms with Crippen LogP contribution in [-0.2, 0) is 11.2 Å². The van der Waals surface area contributed by atoms with Gasteiger partial charge in [-0.2, -0.15) is 5.10 Å². The van der Waals surface area contributed by atoms with Crippen molar-refractivity contribution in [1.29, 1.82) is 0 Å². The van der Waals surface area contributed by atoms with Crippen molar-refractivity contribution in [1.82, 2.24) is 15.1 Å². The van der Waals surface area contributed by atoms with Gasteiger partial charge in [0.15, 0.2) is 0 Å². The SMILES string of the molecule is CC1(C)CN(C(=O)CCc2ccc(=O)[nH]n2)C[C@]1(C)O. The van der Waals surface area contributed by atoms with E-state index in [2.05, 4.69) is 10.2 Å². The number of β-amino-alcohol motifs (C(OH)–C–C–N with tert-alkyl or cyclic N) is 1. The van der Waals surface area contributed by atoms with E-state index in [1.54, 1.807) is 17.9 Å². The summed E-state index contributed by atoms with van der Waals surface area (Å²) in [5.74, 6) is 0.00356. The summed E-state index contributed by atoms with van der Waals surface area (Å²) in [6.45, 7) is 6.60. The first-order valence-corrected chi connectivity index (χ1v) is 6.76. The lowest BCUT2D eigenvalue weighted by Gasteiger charge is -2.30. The van der Waals surface area contributed by atoms with Gasteiger partial charge in [0.1, 0.15) is 0 Å². The number of hydrogen-bond acceptors (Lipinski definition) is 4. The van der Waals surface area contributed by atoms with E-state index in [0.29, 0.717) is 31.6 Å². The molecule has 0 unspecified atom stereocenters. The van der Waals surface area contributed by atoms with Crippen LogP contribution in [-0.4, -0.2) is 44.8 Å². The summed E-state index contributed by atoms with van der Waals surface area (Å²) in [7, 11) is 0. The van der Waals surface area contributed by atoms with Crippen LogP contribution in [0.15, 0.2) is 16.9 Å². The number of nitrogens with one attached hydrogen (secondary N) is 1. The Hall–Kier alpha value is -1.69. The Kier molecular flexibility index (Phi) is 3.69. The van der Waals surface area contributed by atoms with Gasteiger partial charge < -0.3 is 10.0 Å². The minimum atomic E-state index is -0.862. The second-order valence-electron chi connectivity index (χ2n) is 6.32. The predicted octanol–water partition coefficient (Wildman–Crippen LogP) is 0.322. The number of amides is 1. The van der Waals surface area contributed by atoms with Gasteiger partial charge >= 0.3 is 0 Å². The van der Waals surface area contributed by atoms with Crippen molar-refractivity contribution >= 4 is 5.91 Å². The zero-order valence-corrected chi connectivity index (χ0v) is 12.1. The highest BCUT2D eigenvalue weighted by atomic mass is 16.3. The molecule has 2 N–H and O–H groups in total. The maximum atomic E-state index is 12.2. The summed E-state index contributed by atoms with van der Waals surface area (Å²) in [6.07, 6.45) is 0.805. The van der Waals surface area contributed by atoms with Crippen molar-refractivity contribution in [2.24, 2.45) is 5.41 Å². The third-order valence-electron chi connectivity index (χ3n) is 4.23. The quantitative estimate of drug-likeness (QED) is 0.834. The van der Waals surface area contributed by atoms with Crippen LogP contribution in [0.25, 0.3) is 0 Å². The maximum Gasteiger partial charge on any atom is 0.264 e. The molecule has 1 aromatic rings. The van der Waals surface area contributed by atoms with Gasteiger partial charge in [-0.05, 0) is 13.0 Å². The van der Waals surface area contributed by atoms with Crippen molar-refractivity contribution in [2.75, 3.05) is 13.1 Å². The fourth-order valence-electron chi connectivity index (χ4n) is 2.37. The number of aliphatic hydroxyl groups is 1. The first kappa shape index (κ1) is 14.7. The molecule has 0 radical (unpaired) electrons. The Labute approximate surface area is 117 Å². The van der Waals surface area contributed by atoms with Gasteiger partial charge in [-0.15, -0.1) is 0 Å². The Morgan fingerprint density at radius 1 is 1.40 bits per heavy atom. The predicted molar refractivity (Wildman–Crippen MR) is 74.2 cm³/mol. The molecule has 0 saturated carbocycles. The molecule has 2 rings (SSSR count). The lowest BCUT2D eigenvalue weighted by molar-refractivity contribution is -0.131. The number of aryl methyl sites for hydroxylation is 1. The number of likely N-dealkylation sites (tertiary alicyclic amines) is 1. The van der Waals surface area contributed by atoms with E-state index < -0.39 is 5.60 Å². The van der Waals surface area contributed by atoms with Gasteiger partial charge in [0.05, 0.1) is 11.3 Å². The molecule has 1 aromatic heterocycles. The lowest BCUT2D eigenvalue weighted by Crippen LogP contribution is -2.40. The van der Waals surface area contributed by atoms with E-state index >= 15 is 0 Å². The number of H-pyrrole nitrogens is 1. The fraction of sp³-hybridized carbons (Fsp3) is 0.643. The number of rotatable bonds is 3. The van der Waals surface area contributed by atoms with Gasteiger partial charge in [-0.1, -0.05) is 13.8 Å². The summed E-state index contributed by atoms with van der Waals surface area (Å²) in [4.78, 5) is 24.8. The Bertz CT molecular complexity index is 527. The molecule has 2 heterocycles. The van der Waals surface area contributed by atoms with Crippen molar-refractivity contribution in [3.05, 3.63) is 28.2 Å². The van der Waals surface area contributed by atoms with Crippen LogP contribution in [0.1, 0.15) is 32.9 Å². The van der Waals surface area contributed by atoms with Gasteiger partial charge in [0, 0.05) is 37.4 Å². The highest BCUT2D eigenvalue weighted by Crippen LogP contribution is 2.38. The van der Waals surface area contributed by atoms with Crippen LogP contribution in [0.2, 0.25) is 0 Å². The van der Waals surface area contributed by atoms with E-state index in [4.69, 9.17) is 0 Å². The van der Waals surface area contributed by atoms with Crippen molar-refractivity contribution < 1.29 is 9.90 Å². The molecule has 0 spiro atoms.